The molecule has 0 aliphatic carbocycles. The van der Waals surface area contributed by atoms with E-state index in [9.17, 15) is 0 Å². The van der Waals surface area contributed by atoms with Gasteiger partial charge in [-0.05, 0) is 71.6 Å². The molecular formula is C27H29N. The Morgan fingerprint density at radius 1 is 0.679 bits per heavy atom. The standard InChI is InChI=1S/C27H29N/c1-3-21(2)4-5-22-12-16-26(17-13-22)27-18-14-24(15-19-27)7-6-23-8-10-25(20-28)11-9-23/h8-19,21H,3-7H2,1-2H3. The molecule has 1 unspecified atom stereocenters. The summed E-state index contributed by atoms with van der Waals surface area (Å²) in [6.07, 6.45) is 5.71. The van der Waals surface area contributed by atoms with E-state index in [2.05, 4.69) is 80.6 Å². The zero-order valence-corrected chi connectivity index (χ0v) is 17.0. The first kappa shape index (κ1) is 19.9. The van der Waals surface area contributed by atoms with Crippen molar-refractivity contribution in [3.8, 4) is 17.2 Å². The van der Waals surface area contributed by atoms with Crippen molar-refractivity contribution in [1.29, 1.82) is 5.26 Å². The largest absolute Gasteiger partial charge is 0.192 e. The Labute approximate surface area is 169 Å². The van der Waals surface area contributed by atoms with E-state index in [1.165, 1.54) is 47.1 Å². The second-order valence-electron chi connectivity index (χ2n) is 7.75. The molecule has 0 aromatic heterocycles. The Morgan fingerprint density at radius 2 is 1.11 bits per heavy atom. The van der Waals surface area contributed by atoms with Crippen LogP contribution in [0.1, 0.15) is 48.9 Å². The van der Waals surface area contributed by atoms with Crippen LogP contribution in [0.15, 0.2) is 72.8 Å². The highest BCUT2D eigenvalue weighted by molar-refractivity contribution is 5.64. The van der Waals surface area contributed by atoms with Crippen LogP contribution in [-0.4, -0.2) is 0 Å². The minimum absolute atomic E-state index is 0.721. The molecule has 0 N–H and O–H groups in total. The van der Waals surface area contributed by atoms with Gasteiger partial charge in [0.15, 0.2) is 0 Å². The summed E-state index contributed by atoms with van der Waals surface area (Å²) in [5.74, 6) is 0.802. The first-order valence-electron chi connectivity index (χ1n) is 10.3. The summed E-state index contributed by atoms with van der Waals surface area (Å²) in [5, 5.41) is 8.88. The van der Waals surface area contributed by atoms with Crippen molar-refractivity contribution in [2.75, 3.05) is 0 Å². The van der Waals surface area contributed by atoms with Gasteiger partial charge in [0.05, 0.1) is 11.6 Å². The van der Waals surface area contributed by atoms with Crippen LogP contribution in [0, 0.1) is 17.2 Å². The zero-order valence-electron chi connectivity index (χ0n) is 17.0. The highest BCUT2D eigenvalue weighted by Crippen LogP contribution is 2.22. The van der Waals surface area contributed by atoms with Crippen LogP contribution in [0.3, 0.4) is 0 Å². The molecular weight excluding hydrogens is 338 g/mol. The number of nitrogens with zero attached hydrogens (tertiary/aromatic N) is 1. The predicted octanol–water partition coefficient (Wildman–Crippen LogP) is 6.99. The summed E-state index contributed by atoms with van der Waals surface area (Å²) in [5.41, 5.74) is 7.33. The van der Waals surface area contributed by atoms with E-state index < -0.39 is 0 Å². The van der Waals surface area contributed by atoms with Crippen molar-refractivity contribution in [2.45, 2.75) is 46.0 Å². The first-order chi connectivity index (χ1) is 13.7. The smallest absolute Gasteiger partial charge is 0.0991 e. The van der Waals surface area contributed by atoms with Crippen LogP contribution in [0.25, 0.3) is 11.1 Å². The van der Waals surface area contributed by atoms with Gasteiger partial charge in [-0.2, -0.15) is 5.26 Å². The molecule has 0 fully saturated rings. The van der Waals surface area contributed by atoms with Gasteiger partial charge >= 0.3 is 0 Å². The van der Waals surface area contributed by atoms with Gasteiger partial charge in [-0.15, -0.1) is 0 Å². The molecule has 0 heterocycles. The molecule has 0 amide bonds. The molecule has 3 rings (SSSR count). The molecule has 3 aromatic rings. The fourth-order valence-corrected chi connectivity index (χ4v) is 3.38. The lowest BCUT2D eigenvalue weighted by atomic mass is 9.96. The second-order valence-corrected chi connectivity index (χ2v) is 7.75. The summed E-state index contributed by atoms with van der Waals surface area (Å²) >= 11 is 0. The van der Waals surface area contributed by atoms with Gasteiger partial charge < -0.3 is 0 Å². The first-order valence-corrected chi connectivity index (χ1v) is 10.3. The Morgan fingerprint density at radius 3 is 1.54 bits per heavy atom. The molecule has 1 nitrogen and oxygen atoms in total. The molecule has 0 radical (unpaired) electrons. The third-order valence-electron chi connectivity index (χ3n) is 5.65. The second kappa shape index (κ2) is 9.90. The molecule has 3 aromatic carbocycles. The maximum Gasteiger partial charge on any atom is 0.0991 e. The van der Waals surface area contributed by atoms with E-state index in [1.54, 1.807) is 0 Å². The lowest BCUT2D eigenvalue weighted by Gasteiger charge is -2.09. The minimum Gasteiger partial charge on any atom is -0.192 e. The summed E-state index contributed by atoms with van der Waals surface area (Å²) in [6, 6.07) is 28.0. The molecule has 0 aliphatic heterocycles. The van der Waals surface area contributed by atoms with Crippen molar-refractivity contribution in [3.05, 3.63) is 95.1 Å². The zero-order chi connectivity index (χ0) is 19.8. The average molecular weight is 368 g/mol. The Kier molecular flexibility index (Phi) is 7.04. The quantitative estimate of drug-likeness (QED) is 0.421. The maximum atomic E-state index is 8.88. The third kappa shape index (κ3) is 5.57. The topological polar surface area (TPSA) is 23.8 Å². The molecule has 0 aliphatic rings. The van der Waals surface area contributed by atoms with E-state index >= 15 is 0 Å². The van der Waals surface area contributed by atoms with Crippen LogP contribution >= 0.6 is 0 Å². The summed E-state index contributed by atoms with van der Waals surface area (Å²) in [6.45, 7) is 4.60. The van der Waals surface area contributed by atoms with Crippen molar-refractivity contribution in [1.82, 2.24) is 0 Å². The van der Waals surface area contributed by atoms with E-state index in [4.69, 9.17) is 5.26 Å². The molecule has 1 heteroatoms. The van der Waals surface area contributed by atoms with Crippen LogP contribution in [0.5, 0.6) is 0 Å². The van der Waals surface area contributed by atoms with Gasteiger partial charge in [0, 0.05) is 0 Å². The lowest BCUT2D eigenvalue weighted by Crippen LogP contribution is -1.95. The van der Waals surface area contributed by atoms with Gasteiger partial charge in [0.25, 0.3) is 0 Å². The van der Waals surface area contributed by atoms with Crippen molar-refractivity contribution in [3.63, 3.8) is 0 Å². The lowest BCUT2D eigenvalue weighted by molar-refractivity contribution is 0.516. The van der Waals surface area contributed by atoms with Gasteiger partial charge in [-0.3, -0.25) is 0 Å². The number of hydrogen-bond acceptors (Lipinski definition) is 1. The number of aryl methyl sites for hydroxylation is 3. The minimum atomic E-state index is 0.721. The fourth-order valence-electron chi connectivity index (χ4n) is 3.38. The van der Waals surface area contributed by atoms with Gasteiger partial charge in [0.1, 0.15) is 0 Å². The Bertz CT molecular complexity index is 896. The molecule has 1 atom stereocenters. The van der Waals surface area contributed by atoms with E-state index in [0.717, 1.165) is 24.3 Å². The predicted molar refractivity (Wildman–Crippen MR) is 118 cm³/mol. The molecule has 0 spiro atoms. The molecule has 0 saturated carbocycles. The van der Waals surface area contributed by atoms with Crippen LogP contribution in [0.4, 0.5) is 0 Å². The molecule has 0 saturated heterocycles. The van der Waals surface area contributed by atoms with Crippen LogP contribution < -0.4 is 0 Å². The number of rotatable bonds is 8. The van der Waals surface area contributed by atoms with Crippen molar-refractivity contribution < 1.29 is 0 Å². The highest BCUT2D eigenvalue weighted by atomic mass is 14.2. The molecule has 28 heavy (non-hydrogen) atoms. The van der Waals surface area contributed by atoms with Crippen LogP contribution in [0.2, 0.25) is 0 Å². The number of nitriles is 1. The van der Waals surface area contributed by atoms with Gasteiger partial charge in [-0.25, -0.2) is 0 Å². The number of hydrogen-bond donors (Lipinski definition) is 0. The SMILES string of the molecule is CCC(C)CCc1ccc(-c2ccc(CCc3ccc(C#N)cc3)cc2)cc1. The Balaban J connectivity index is 1.56. The number of benzene rings is 3. The van der Waals surface area contributed by atoms with E-state index in [0.29, 0.717) is 0 Å². The summed E-state index contributed by atoms with van der Waals surface area (Å²) < 4.78 is 0. The normalized spacial score (nSPS) is 11.8. The monoisotopic (exact) mass is 367 g/mol. The Hall–Kier alpha value is -2.85. The van der Waals surface area contributed by atoms with Gasteiger partial charge in [-0.1, -0.05) is 80.9 Å². The summed E-state index contributed by atoms with van der Waals surface area (Å²) in [7, 11) is 0. The summed E-state index contributed by atoms with van der Waals surface area (Å²) in [4.78, 5) is 0. The average Bonchev–Trinajstić information content (AvgIpc) is 2.77. The molecule has 0 bridgehead atoms. The molecule has 142 valence electrons. The third-order valence-corrected chi connectivity index (χ3v) is 5.65. The van der Waals surface area contributed by atoms with Gasteiger partial charge in [0.2, 0.25) is 0 Å². The van der Waals surface area contributed by atoms with Crippen molar-refractivity contribution >= 4 is 0 Å². The maximum absolute atomic E-state index is 8.88. The van der Waals surface area contributed by atoms with Crippen molar-refractivity contribution in [2.24, 2.45) is 5.92 Å². The highest BCUT2D eigenvalue weighted by Gasteiger charge is 2.03. The van der Waals surface area contributed by atoms with Crippen LogP contribution in [-0.2, 0) is 19.3 Å². The van der Waals surface area contributed by atoms with E-state index in [1.807, 2.05) is 12.1 Å². The fraction of sp³-hybridized carbons (Fsp3) is 0.296. The van der Waals surface area contributed by atoms with E-state index in [-0.39, 0.29) is 0 Å².